The Morgan fingerprint density at radius 3 is 2.60 bits per heavy atom. The standard InChI is InChI=1S/C10H9ClF3N5S/c1-2-7-17-18-9(19(7)15)20-8-6(11)3-5(4-16-8)10(12,13)14/h3-4H,2,15H2,1H3. The molecular weight excluding hydrogens is 315 g/mol. The molecule has 0 aromatic carbocycles. The highest BCUT2D eigenvalue weighted by Crippen LogP contribution is 2.35. The average Bonchev–Trinajstić information content (AvgIpc) is 2.71. The van der Waals surface area contributed by atoms with E-state index in [-0.39, 0.29) is 10.0 Å². The molecule has 2 aromatic heterocycles. The molecule has 0 unspecified atom stereocenters. The summed E-state index contributed by atoms with van der Waals surface area (Å²) in [5.74, 6) is 6.28. The van der Waals surface area contributed by atoms with Crippen LogP contribution in [0.1, 0.15) is 18.3 Å². The lowest BCUT2D eigenvalue weighted by atomic mass is 10.3. The van der Waals surface area contributed by atoms with Crippen molar-refractivity contribution in [3.8, 4) is 0 Å². The first-order valence-corrected chi connectivity index (χ1v) is 6.62. The van der Waals surface area contributed by atoms with E-state index in [9.17, 15) is 13.2 Å². The van der Waals surface area contributed by atoms with Crippen LogP contribution in [0.3, 0.4) is 0 Å². The number of pyridine rings is 1. The van der Waals surface area contributed by atoms with E-state index in [1.54, 1.807) is 0 Å². The van der Waals surface area contributed by atoms with Crippen LogP contribution in [-0.2, 0) is 12.6 Å². The molecule has 0 fully saturated rings. The summed E-state index contributed by atoms with van der Waals surface area (Å²) in [5, 5.41) is 8.02. The third-order valence-corrected chi connectivity index (χ3v) is 3.75. The Kier molecular flexibility index (Phi) is 4.09. The van der Waals surface area contributed by atoms with Crippen molar-refractivity contribution in [3.63, 3.8) is 0 Å². The minimum atomic E-state index is -4.48. The van der Waals surface area contributed by atoms with E-state index in [0.717, 1.165) is 17.8 Å². The molecule has 2 heterocycles. The third-order valence-electron chi connectivity index (χ3n) is 2.37. The molecule has 5 nitrogen and oxygen atoms in total. The fourth-order valence-corrected chi connectivity index (χ4v) is 2.36. The monoisotopic (exact) mass is 323 g/mol. The fraction of sp³-hybridized carbons (Fsp3) is 0.300. The van der Waals surface area contributed by atoms with Crippen molar-refractivity contribution in [1.29, 1.82) is 0 Å². The molecule has 0 bridgehead atoms. The van der Waals surface area contributed by atoms with Crippen molar-refractivity contribution in [3.05, 3.63) is 28.7 Å². The molecule has 20 heavy (non-hydrogen) atoms. The quantitative estimate of drug-likeness (QED) is 0.880. The Morgan fingerprint density at radius 1 is 1.40 bits per heavy atom. The number of rotatable bonds is 3. The molecular formula is C10H9ClF3N5S. The first kappa shape index (κ1) is 14.9. The van der Waals surface area contributed by atoms with Gasteiger partial charge in [-0.3, -0.25) is 0 Å². The summed E-state index contributed by atoms with van der Waals surface area (Å²) in [4.78, 5) is 3.69. The van der Waals surface area contributed by atoms with Crippen LogP contribution >= 0.6 is 23.4 Å². The van der Waals surface area contributed by atoms with Crippen molar-refractivity contribution in [1.82, 2.24) is 19.9 Å². The van der Waals surface area contributed by atoms with Gasteiger partial charge in [-0.1, -0.05) is 18.5 Å². The second kappa shape index (κ2) is 5.49. The Hall–Kier alpha value is -1.48. The topological polar surface area (TPSA) is 69.6 Å². The van der Waals surface area contributed by atoms with Gasteiger partial charge in [0.15, 0.2) is 5.82 Å². The summed E-state index contributed by atoms with van der Waals surface area (Å²) in [6.45, 7) is 1.85. The van der Waals surface area contributed by atoms with Gasteiger partial charge in [-0.2, -0.15) is 13.2 Å². The minimum absolute atomic E-state index is 0.120. The number of alkyl halides is 3. The lowest BCUT2D eigenvalue weighted by molar-refractivity contribution is -0.137. The maximum atomic E-state index is 12.5. The van der Waals surface area contributed by atoms with E-state index in [2.05, 4.69) is 15.2 Å². The van der Waals surface area contributed by atoms with Crippen molar-refractivity contribution < 1.29 is 13.2 Å². The van der Waals surface area contributed by atoms with Gasteiger partial charge in [0.1, 0.15) is 5.03 Å². The van der Waals surface area contributed by atoms with Gasteiger partial charge in [0, 0.05) is 12.6 Å². The second-order valence-electron chi connectivity index (χ2n) is 3.73. The number of nitrogen functional groups attached to an aromatic ring is 1. The number of nitrogens with two attached hydrogens (primary N) is 1. The number of aryl methyl sites for hydroxylation is 1. The van der Waals surface area contributed by atoms with Crippen LogP contribution in [0.5, 0.6) is 0 Å². The zero-order valence-corrected chi connectivity index (χ0v) is 11.7. The van der Waals surface area contributed by atoms with Crippen LogP contribution in [0.25, 0.3) is 0 Å². The maximum Gasteiger partial charge on any atom is 0.417 e. The molecule has 10 heteroatoms. The lowest BCUT2D eigenvalue weighted by Crippen LogP contribution is -2.13. The molecule has 0 radical (unpaired) electrons. The first-order chi connectivity index (χ1) is 9.32. The smallest absolute Gasteiger partial charge is 0.336 e. The zero-order chi connectivity index (χ0) is 14.9. The number of aromatic nitrogens is 4. The van der Waals surface area contributed by atoms with Gasteiger partial charge < -0.3 is 5.84 Å². The maximum absolute atomic E-state index is 12.5. The Morgan fingerprint density at radius 2 is 2.10 bits per heavy atom. The number of hydrogen-bond donors (Lipinski definition) is 1. The van der Waals surface area contributed by atoms with E-state index in [4.69, 9.17) is 17.4 Å². The normalized spacial score (nSPS) is 11.8. The summed E-state index contributed by atoms with van der Waals surface area (Å²) in [6.07, 6.45) is -3.19. The summed E-state index contributed by atoms with van der Waals surface area (Å²) in [5.41, 5.74) is -0.907. The van der Waals surface area contributed by atoms with Crippen LogP contribution in [-0.4, -0.2) is 19.9 Å². The van der Waals surface area contributed by atoms with Gasteiger partial charge in [0.25, 0.3) is 0 Å². The Balaban J connectivity index is 2.28. The molecule has 0 spiro atoms. The number of hydrogen-bond acceptors (Lipinski definition) is 5. The fourth-order valence-electron chi connectivity index (χ4n) is 1.36. The molecule has 108 valence electrons. The highest BCUT2D eigenvalue weighted by Gasteiger charge is 2.31. The van der Waals surface area contributed by atoms with Gasteiger partial charge in [-0.25, -0.2) is 9.66 Å². The molecule has 0 aliphatic rings. The molecule has 0 amide bonds. The van der Waals surface area contributed by atoms with E-state index >= 15 is 0 Å². The minimum Gasteiger partial charge on any atom is -0.336 e. The predicted octanol–water partition coefficient (Wildman–Crippen LogP) is 2.77. The largest absolute Gasteiger partial charge is 0.417 e. The van der Waals surface area contributed by atoms with Gasteiger partial charge >= 0.3 is 6.18 Å². The van der Waals surface area contributed by atoms with E-state index < -0.39 is 11.7 Å². The van der Waals surface area contributed by atoms with Crippen molar-refractivity contribution >= 4 is 23.4 Å². The van der Waals surface area contributed by atoms with Crippen molar-refractivity contribution in [2.75, 3.05) is 5.84 Å². The summed E-state index contributed by atoms with van der Waals surface area (Å²) < 4.78 is 38.7. The van der Waals surface area contributed by atoms with Crippen molar-refractivity contribution in [2.24, 2.45) is 0 Å². The molecule has 0 aliphatic heterocycles. The number of halogens is 4. The first-order valence-electron chi connectivity index (χ1n) is 5.43. The number of nitrogens with zero attached hydrogens (tertiary/aromatic N) is 4. The molecule has 0 saturated carbocycles. The SMILES string of the molecule is CCc1nnc(Sc2ncc(C(F)(F)F)cc2Cl)n1N. The van der Waals surface area contributed by atoms with Crippen LogP contribution in [0, 0.1) is 0 Å². The molecule has 2 aromatic rings. The van der Waals surface area contributed by atoms with Gasteiger partial charge in [-0.05, 0) is 17.8 Å². The second-order valence-corrected chi connectivity index (χ2v) is 5.10. The molecule has 0 atom stereocenters. The van der Waals surface area contributed by atoms with E-state index in [1.165, 1.54) is 4.68 Å². The van der Waals surface area contributed by atoms with Gasteiger partial charge in [-0.15, -0.1) is 10.2 Å². The van der Waals surface area contributed by atoms with Crippen LogP contribution in [0.4, 0.5) is 13.2 Å². The lowest BCUT2D eigenvalue weighted by Gasteiger charge is -2.08. The summed E-state index contributed by atoms with van der Waals surface area (Å²) >= 11 is 6.75. The molecule has 2 N–H and O–H groups in total. The van der Waals surface area contributed by atoms with E-state index in [1.807, 2.05) is 6.92 Å². The van der Waals surface area contributed by atoms with Gasteiger partial charge in [0.2, 0.25) is 5.16 Å². The molecule has 0 aliphatic carbocycles. The zero-order valence-electron chi connectivity index (χ0n) is 10.1. The highest BCUT2D eigenvalue weighted by molar-refractivity contribution is 7.99. The predicted molar refractivity (Wildman–Crippen MR) is 67.9 cm³/mol. The van der Waals surface area contributed by atoms with Crippen LogP contribution in [0.2, 0.25) is 5.02 Å². The average molecular weight is 324 g/mol. The van der Waals surface area contributed by atoms with Crippen molar-refractivity contribution in [2.45, 2.75) is 29.7 Å². The van der Waals surface area contributed by atoms with Gasteiger partial charge in [0.05, 0.1) is 10.6 Å². The van der Waals surface area contributed by atoms with E-state index in [0.29, 0.717) is 23.6 Å². The summed E-state index contributed by atoms with van der Waals surface area (Å²) in [6, 6.07) is 0.814. The molecule has 2 rings (SSSR count). The van der Waals surface area contributed by atoms with Crippen LogP contribution < -0.4 is 5.84 Å². The molecule has 0 saturated heterocycles. The van der Waals surface area contributed by atoms with Crippen LogP contribution in [0.15, 0.2) is 22.4 Å². The summed E-state index contributed by atoms with van der Waals surface area (Å²) in [7, 11) is 0. The Labute approximate surface area is 121 Å². The third kappa shape index (κ3) is 2.98. The Bertz CT molecular complexity index is 628. The highest BCUT2D eigenvalue weighted by atomic mass is 35.5.